The number of aromatic nitrogens is 1. The van der Waals surface area contributed by atoms with Crippen LogP contribution in [-0.4, -0.2) is 10.1 Å². The first-order chi connectivity index (χ1) is 7.66. The molecule has 16 heavy (non-hydrogen) atoms. The van der Waals surface area contributed by atoms with Crippen LogP contribution in [-0.2, 0) is 6.42 Å². The molecule has 1 aromatic carbocycles. The van der Waals surface area contributed by atoms with E-state index in [1.165, 1.54) is 0 Å². The van der Waals surface area contributed by atoms with Crippen LogP contribution in [0, 0.1) is 6.92 Å². The topological polar surface area (TPSA) is 33.1 Å². The number of hydrogen-bond donors (Lipinski definition) is 1. The van der Waals surface area contributed by atoms with Crippen molar-refractivity contribution in [1.29, 1.82) is 0 Å². The molecule has 1 atom stereocenters. The lowest BCUT2D eigenvalue weighted by atomic mass is 10.0. The Morgan fingerprint density at radius 1 is 1.50 bits per heavy atom. The van der Waals surface area contributed by atoms with Gasteiger partial charge in [-0.1, -0.05) is 23.7 Å². The Hall–Kier alpha value is -0.900. The molecule has 0 amide bonds. The molecule has 2 nitrogen and oxygen atoms in total. The molecule has 1 unspecified atom stereocenters. The van der Waals surface area contributed by atoms with Crippen molar-refractivity contribution in [2.45, 2.75) is 19.4 Å². The summed E-state index contributed by atoms with van der Waals surface area (Å²) in [6.45, 7) is 1.93. The number of benzene rings is 1. The minimum absolute atomic E-state index is 0.512. The molecular formula is C12H12ClNOS. The number of rotatable bonds is 3. The van der Waals surface area contributed by atoms with E-state index in [2.05, 4.69) is 4.98 Å². The lowest BCUT2D eigenvalue weighted by molar-refractivity contribution is 0.178. The van der Waals surface area contributed by atoms with E-state index in [0.29, 0.717) is 6.42 Å². The Kier molecular flexibility index (Phi) is 3.59. The number of thiazole rings is 1. The van der Waals surface area contributed by atoms with Gasteiger partial charge in [-0.2, -0.15) is 0 Å². The lowest BCUT2D eigenvalue weighted by Gasteiger charge is -2.10. The van der Waals surface area contributed by atoms with Crippen LogP contribution in [0.25, 0.3) is 0 Å². The molecule has 0 fully saturated rings. The van der Waals surface area contributed by atoms with Gasteiger partial charge in [-0.25, -0.2) is 4.98 Å². The maximum Gasteiger partial charge on any atom is 0.0954 e. The summed E-state index contributed by atoms with van der Waals surface area (Å²) >= 11 is 7.49. The van der Waals surface area contributed by atoms with E-state index in [4.69, 9.17) is 11.6 Å². The Morgan fingerprint density at radius 2 is 2.31 bits per heavy atom. The summed E-state index contributed by atoms with van der Waals surface area (Å²) in [5, 5.41) is 13.6. The van der Waals surface area contributed by atoms with Gasteiger partial charge in [-0.05, 0) is 24.1 Å². The highest BCUT2D eigenvalue weighted by atomic mass is 35.5. The average molecular weight is 254 g/mol. The molecule has 0 saturated carbocycles. The molecule has 0 aliphatic carbocycles. The Balaban J connectivity index is 2.14. The van der Waals surface area contributed by atoms with E-state index in [0.717, 1.165) is 21.2 Å². The fourth-order valence-electron chi connectivity index (χ4n) is 1.51. The molecule has 2 aromatic rings. The second-order valence-electron chi connectivity index (χ2n) is 3.65. The summed E-state index contributed by atoms with van der Waals surface area (Å²) in [6, 6.07) is 5.59. The minimum atomic E-state index is -0.512. The van der Waals surface area contributed by atoms with Gasteiger partial charge in [0.15, 0.2) is 0 Å². The van der Waals surface area contributed by atoms with E-state index in [9.17, 15) is 5.11 Å². The Bertz CT molecular complexity index is 470. The normalized spacial score (nSPS) is 12.7. The third kappa shape index (κ3) is 2.61. The molecule has 0 bridgehead atoms. The van der Waals surface area contributed by atoms with Crippen LogP contribution in [0.4, 0.5) is 0 Å². The number of hydrogen-bond acceptors (Lipinski definition) is 3. The van der Waals surface area contributed by atoms with E-state index >= 15 is 0 Å². The van der Waals surface area contributed by atoms with Crippen LogP contribution in [0.5, 0.6) is 0 Å². The Labute approximate surface area is 104 Å². The van der Waals surface area contributed by atoms with Crippen LogP contribution in [0.2, 0.25) is 5.02 Å². The maximum absolute atomic E-state index is 10.0. The van der Waals surface area contributed by atoms with Crippen molar-refractivity contribution in [3.63, 3.8) is 0 Å². The third-order valence-corrected chi connectivity index (χ3v) is 3.64. The SMILES string of the molecule is Cc1cc(C(O)Cc2nccs2)ccc1Cl. The maximum atomic E-state index is 10.0. The predicted molar refractivity (Wildman–Crippen MR) is 67.0 cm³/mol. The van der Waals surface area contributed by atoms with Gasteiger partial charge in [0.1, 0.15) is 0 Å². The van der Waals surface area contributed by atoms with Crippen LogP contribution < -0.4 is 0 Å². The number of nitrogens with zero attached hydrogens (tertiary/aromatic N) is 1. The van der Waals surface area contributed by atoms with Gasteiger partial charge in [0.2, 0.25) is 0 Å². The van der Waals surface area contributed by atoms with Crippen molar-refractivity contribution in [3.8, 4) is 0 Å². The first kappa shape index (κ1) is 11.6. The molecule has 84 valence electrons. The Morgan fingerprint density at radius 3 is 2.94 bits per heavy atom. The zero-order valence-corrected chi connectivity index (χ0v) is 10.4. The van der Waals surface area contributed by atoms with Crippen molar-refractivity contribution in [3.05, 3.63) is 50.9 Å². The average Bonchev–Trinajstić information content (AvgIpc) is 2.74. The summed E-state index contributed by atoms with van der Waals surface area (Å²) in [4.78, 5) is 4.15. The van der Waals surface area contributed by atoms with Gasteiger partial charge in [0, 0.05) is 23.0 Å². The molecule has 0 radical (unpaired) electrons. The monoisotopic (exact) mass is 253 g/mol. The molecule has 4 heteroatoms. The van der Waals surface area contributed by atoms with Crippen molar-refractivity contribution in [1.82, 2.24) is 4.98 Å². The standard InChI is InChI=1S/C12H12ClNOS/c1-8-6-9(2-3-10(8)13)11(15)7-12-14-4-5-16-12/h2-6,11,15H,7H2,1H3. The minimum Gasteiger partial charge on any atom is -0.388 e. The molecule has 0 aliphatic rings. The molecule has 0 aliphatic heterocycles. The molecule has 0 spiro atoms. The molecule has 1 N–H and O–H groups in total. The highest BCUT2D eigenvalue weighted by Gasteiger charge is 2.11. The number of aliphatic hydroxyl groups excluding tert-OH is 1. The number of aryl methyl sites for hydroxylation is 1. The second-order valence-corrected chi connectivity index (χ2v) is 5.04. The van der Waals surface area contributed by atoms with E-state index in [1.54, 1.807) is 17.5 Å². The van der Waals surface area contributed by atoms with Crippen molar-refractivity contribution < 1.29 is 5.11 Å². The predicted octanol–water partition coefficient (Wildman–Crippen LogP) is 3.38. The van der Waals surface area contributed by atoms with Gasteiger partial charge in [-0.3, -0.25) is 0 Å². The first-order valence-electron chi connectivity index (χ1n) is 4.99. The van der Waals surface area contributed by atoms with Crippen molar-refractivity contribution in [2.75, 3.05) is 0 Å². The highest BCUT2D eigenvalue weighted by molar-refractivity contribution is 7.09. The van der Waals surface area contributed by atoms with Gasteiger partial charge in [0.05, 0.1) is 11.1 Å². The zero-order chi connectivity index (χ0) is 11.5. The smallest absolute Gasteiger partial charge is 0.0954 e. The summed E-state index contributed by atoms with van der Waals surface area (Å²) in [5.41, 5.74) is 1.87. The van der Waals surface area contributed by atoms with Gasteiger partial charge < -0.3 is 5.11 Å². The van der Waals surface area contributed by atoms with Gasteiger partial charge in [-0.15, -0.1) is 11.3 Å². The first-order valence-corrected chi connectivity index (χ1v) is 6.25. The summed E-state index contributed by atoms with van der Waals surface area (Å²) in [7, 11) is 0. The number of aliphatic hydroxyl groups is 1. The van der Waals surface area contributed by atoms with Crippen LogP contribution in [0.1, 0.15) is 22.2 Å². The van der Waals surface area contributed by atoms with E-state index in [1.807, 2.05) is 30.5 Å². The molecule has 1 aromatic heterocycles. The van der Waals surface area contributed by atoms with Gasteiger partial charge >= 0.3 is 0 Å². The van der Waals surface area contributed by atoms with E-state index < -0.39 is 6.10 Å². The van der Waals surface area contributed by atoms with Crippen molar-refractivity contribution in [2.24, 2.45) is 0 Å². The zero-order valence-electron chi connectivity index (χ0n) is 8.85. The van der Waals surface area contributed by atoms with Crippen LogP contribution in [0.3, 0.4) is 0 Å². The molecular weight excluding hydrogens is 242 g/mol. The number of halogens is 1. The van der Waals surface area contributed by atoms with Crippen LogP contribution in [0.15, 0.2) is 29.8 Å². The second kappa shape index (κ2) is 4.95. The fraction of sp³-hybridized carbons (Fsp3) is 0.250. The molecule has 2 rings (SSSR count). The summed E-state index contributed by atoms with van der Waals surface area (Å²) in [6.07, 6.45) is 1.79. The van der Waals surface area contributed by atoms with Crippen molar-refractivity contribution >= 4 is 22.9 Å². The molecule has 1 heterocycles. The third-order valence-electron chi connectivity index (χ3n) is 2.42. The largest absolute Gasteiger partial charge is 0.388 e. The van der Waals surface area contributed by atoms with Crippen LogP contribution >= 0.6 is 22.9 Å². The quantitative estimate of drug-likeness (QED) is 0.910. The molecule has 0 saturated heterocycles. The van der Waals surface area contributed by atoms with Gasteiger partial charge in [0.25, 0.3) is 0 Å². The summed E-state index contributed by atoms with van der Waals surface area (Å²) < 4.78 is 0. The van der Waals surface area contributed by atoms with E-state index in [-0.39, 0.29) is 0 Å². The lowest BCUT2D eigenvalue weighted by Crippen LogP contribution is -2.01. The highest BCUT2D eigenvalue weighted by Crippen LogP contribution is 2.23. The summed E-state index contributed by atoms with van der Waals surface area (Å²) in [5.74, 6) is 0. The fourth-order valence-corrected chi connectivity index (χ4v) is 2.28.